The summed E-state index contributed by atoms with van der Waals surface area (Å²) >= 11 is 5.21. The fraction of sp³-hybridized carbons (Fsp3) is 0. The molecule has 0 atom stereocenters. The fourth-order valence-corrected chi connectivity index (χ4v) is 3.44. The standard InChI is InChI=1S/C16H10BrN3S/c17-13-10-20(11-4-2-1-3-5-11)15-12(13)6-7-14(19-15)16-18-8-9-21-16/h1-10H. The Bertz CT molecular complexity index is 898. The number of hydrogen-bond donors (Lipinski definition) is 0. The zero-order valence-corrected chi connectivity index (χ0v) is 13.3. The molecule has 102 valence electrons. The van der Waals surface area contributed by atoms with E-state index in [0.717, 1.165) is 31.9 Å². The van der Waals surface area contributed by atoms with Crippen molar-refractivity contribution in [1.29, 1.82) is 0 Å². The fourth-order valence-electron chi connectivity index (χ4n) is 2.32. The molecule has 21 heavy (non-hydrogen) atoms. The Balaban J connectivity index is 1.97. The van der Waals surface area contributed by atoms with Crippen molar-refractivity contribution in [1.82, 2.24) is 14.5 Å². The van der Waals surface area contributed by atoms with Crippen molar-refractivity contribution in [2.75, 3.05) is 0 Å². The van der Waals surface area contributed by atoms with Gasteiger partial charge in [0.05, 0.1) is 0 Å². The number of fused-ring (bicyclic) bond motifs is 1. The molecule has 0 aliphatic carbocycles. The minimum Gasteiger partial charge on any atom is -0.300 e. The lowest BCUT2D eigenvalue weighted by molar-refractivity contribution is 1.09. The van der Waals surface area contributed by atoms with Gasteiger partial charge in [-0.15, -0.1) is 11.3 Å². The summed E-state index contributed by atoms with van der Waals surface area (Å²) in [5.74, 6) is 0. The number of halogens is 1. The number of rotatable bonds is 2. The van der Waals surface area contributed by atoms with E-state index in [1.807, 2.05) is 29.6 Å². The van der Waals surface area contributed by atoms with Gasteiger partial charge < -0.3 is 4.57 Å². The zero-order chi connectivity index (χ0) is 14.2. The Kier molecular flexibility index (Phi) is 3.09. The molecule has 0 amide bonds. The molecule has 0 saturated carbocycles. The van der Waals surface area contributed by atoms with Gasteiger partial charge in [-0.2, -0.15) is 0 Å². The minimum atomic E-state index is 0.903. The van der Waals surface area contributed by atoms with Gasteiger partial charge in [-0.25, -0.2) is 9.97 Å². The van der Waals surface area contributed by atoms with Gasteiger partial charge in [-0.3, -0.25) is 0 Å². The van der Waals surface area contributed by atoms with Crippen LogP contribution >= 0.6 is 27.3 Å². The van der Waals surface area contributed by atoms with E-state index in [2.05, 4.69) is 49.9 Å². The van der Waals surface area contributed by atoms with Crippen LogP contribution in [-0.4, -0.2) is 14.5 Å². The molecule has 0 N–H and O–H groups in total. The number of thiazole rings is 1. The summed E-state index contributed by atoms with van der Waals surface area (Å²) in [6.07, 6.45) is 3.86. The molecule has 3 aromatic heterocycles. The number of aromatic nitrogens is 3. The molecule has 0 radical (unpaired) electrons. The van der Waals surface area contributed by atoms with E-state index in [0.29, 0.717) is 0 Å². The minimum absolute atomic E-state index is 0.903. The summed E-state index contributed by atoms with van der Waals surface area (Å²) in [6.45, 7) is 0. The Morgan fingerprint density at radius 1 is 1.05 bits per heavy atom. The SMILES string of the molecule is Brc1cn(-c2ccccc2)c2nc(-c3nccs3)ccc12. The van der Waals surface area contributed by atoms with Crippen molar-refractivity contribution in [3.63, 3.8) is 0 Å². The third-order valence-corrected chi connectivity index (χ3v) is 4.72. The van der Waals surface area contributed by atoms with Crippen molar-refractivity contribution in [2.45, 2.75) is 0 Å². The maximum absolute atomic E-state index is 4.80. The van der Waals surface area contributed by atoms with Gasteiger partial charge in [0.15, 0.2) is 0 Å². The summed E-state index contributed by atoms with van der Waals surface area (Å²) in [7, 11) is 0. The third kappa shape index (κ3) is 2.18. The first-order chi connectivity index (χ1) is 10.3. The summed E-state index contributed by atoms with van der Waals surface area (Å²) in [6, 6.07) is 14.3. The summed E-state index contributed by atoms with van der Waals surface area (Å²) < 4.78 is 3.14. The molecule has 0 aliphatic rings. The van der Waals surface area contributed by atoms with Gasteiger partial charge in [0.25, 0.3) is 0 Å². The van der Waals surface area contributed by atoms with Crippen molar-refractivity contribution in [3.05, 3.63) is 64.7 Å². The van der Waals surface area contributed by atoms with Crippen molar-refractivity contribution in [2.24, 2.45) is 0 Å². The van der Waals surface area contributed by atoms with Crippen molar-refractivity contribution >= 4 is 38.3 Å². The van der Waals surface area contributed by atoms with Gasteiger partial charge in [-0.1, -0.05) is 18.2 Å². The topological polar surface area (TPSA) is 30.7 Å². The van der Waals surface area contributed by atoms with Crippen molar-refractivity contribution in [3.8, 4) is 16.4 Å². The summed E-state index contributed by atoms with van der Waals surface area (Å²) in [4.78, 5) is 9.13. The normalized spacial score (nSPS) is 11.1. The Hall–Kier alpha value is -1.98. The molecule has 0 spiro atoms. The predicted molar refractivity (Wildman–Crippen MR) is 89.9 cm³/mol. The number of benzene rings is 1. The van der Waals surface area contributed by atoms with E-state index >= 15 is 0 Å². The van der Waals surface area contributed by atoms with Crippen LogP contribution < -0.4 is 0 Å². The van der Waals surface area contributed by atoms with Crippen molar-refractivity contribution < 1.29 is 0 Å². The second kappa shape index (κ2) is 5.09. The van der Waals surface area contributed by atoms with E-state index < -0.39 is 0 Å². The summed E-state index contributed by atoms with van der Waals surface area (Å²) in [5.41, 5.74) is 2.93. The monoisotopic (exact) mass is 355 g/mol. The third-order valence-electron chi connectivity index (χ3n) is 3.29. The van der Waals surface area contributed by atoms with Gasteiger partial charge in [0.1, 0.15) is 16.3 Å². The van der Waals surface area contributed by atoms with Gasteiger partial charge >= 0.3 is 0 Å². The molecule has 3 nitrogen and oxygen atoms in total. The van der Waals surface area contributed by atoms with Gasteiger partial charge in [0, 0.05) is 33.3 Å². The highest BCUT2D eigenvalue weighted by Gasteiger charge is 2.11. The van der Waals surface area contributed by atoms with E-state index in [1.165, 1.54) is 0 Å². The molecular weight excluding hydrogens is 346 g/mol. The Labute approximate surface area is 134 Å². The Morgan fingerprint density at radius 2 is 1.90 bits per heavy atom. The van der Waals surface area contributed by atoms with Crippen LogP contribution in [0.15, 0.2) is 64.7 Å². The summed E-state index contributed by atoms with van der Waals surface area (Å²) in [5, 5.41) is 4.00. The average Bonchev–Trinajstić information content (AvgIpc) is 3.16. The first kappa shape index (κ1) is 12.7. The van der Waals surface area contributed by atoms with E-state index in [1.54, 1.807) is 17.5 Å². The highest BCUT2D eigenvalue weighted by Crippen LogP contribution is 2.30. The zero-order valence-electron chi connectivity index (χ0n) is 10.9. The molecule has 0 bridgehead atoms. The number of hydrogen-bond acceptors (Lipinski definition) is 3. The first-order valence-corrected chi connectivity index (χ1v) is 8.13. The number of nitrogens with zero attached hydrogens (tertiary/aromatic N) is 3. The quantitative estimate of drug-likeness (QED) is 0.511. The highest BCUT2D eigenvalue weighted by molar-refractivity contribution is 9.10. The maximum atomic E-state index is 4.80. The lowest BCUT2D eigenvalue weighted by Gasteiger charge is -2.05. The lowest BCUT2D eigenvalue weighted by Crippen LogP contribution is -1.94. The molecule has 0 unspecified atom stereocenters. The number of para-hydroxylation sites is 1. The highest BCUT2D eigenvalue weighted by atomic mass is 79.9. The van der Waals surface area contributed by atoms with Crippen LogP contribution in [0.2, 0.25) is 0 Å². The van der Waals surface area contributed by atoms with Gasteiger partial charge in [-0.05, 0) is 40.2 Å². The average molecular weight is 356 g/mol. The lowest BCUT2D eigenvalue weighted by atomic mass is 10.3. The molecular formula is C16H10BrN3S. The second-order valence-corrected chi connectivity index (χ2v) is 6.34. The van der Waals surface area contributed by atoms with Crippen LogP contribution in [0.25, 0.3) is 27.4 Å². The molecule has 1 aromatic carbocycles. The van der Waals surface area contributed by atoms with Crippen LogP contribution in [0.1, 0.15) is 0 Å². The van der Waals surface area contributed by atoms with E-state index in [4.69, 9.17) is 4.98 Å². The molecule has 0 fully saturated rings. The molecule has 4 rings (SSSR count). The maximum Gasteiger partial charge on any atom is 0.146 e. The molecule has 5 heteroatoms. The van der Waals surface area contributed by atoms with Crippen LogP contribution in [0.3, 0.4) is 0 Å². The van der Waals surface area contributed by atoms with Crippen LogP contribution in [0.4, 0.5) is 0 Å². The number of pyridine rings is 1. The van der Waals surface area contributed by atoms with E-state index in [-0.39, 0.29) is 0 Å². The van der Waals surface area contributed by atoms with Crippen LogP contribution in [-0.2, 0) is 0 Å². The van der Waals surface area contributed by atoms with Crippen LogP contribution in [0.5, 0.6) is 0 Å². The van der Waals surface area contributed by atoms with Crippen LogP contribution in [0, 0.1) is 0 Å². The van der Waals surface area contributed by atoms with E-state index in [9.17, 15) is 0 Å². The smallest absolute Gasteiger partial charge is 0.146 e. The molecule has 3 heterocycles. The molecule has 4 aromatic rings. The second-order valence-electron chi connectivity index (χ2n) is 4.59. The molecule has 0 saturated heterocycles. The molecule has 0 aliphatic heterocycles. The predicted octanol–water partition coefficient (Wildman–Crippen LogP) is 4.91. The largest absolute Gasteiger partial charge is 0.300 e. The Morgan fingerprint density at radius 3 is 2.67 bits per heavy atom. The first-order valence-electron chi connectivity index (χ1n) is 6.46. The van der Waals surface area contributed by atoms with Gasteiger partial charge in [0.2, 0.25) is 0 Å².